The Labute approximate surface area is 63.6 Å². The van der Waals surface area contributed by atoms with Gasteiger partial charge < -0.3 is 0 Å². The van der Waals surface area contributed by atoms with Gasteiger partial charge in [-0.1, -0.05) is 23.2 Å². The van der Waals surface area contributed by atoms with Crippen LogP contribution in [-0.2, 0) is 0 Å². The maximum atomic E-state index is 5.54. The maximum Gasteiger partial charge on any atom is 0.0639 e. The first-order valence-electron chi connectivity index (χ1n) is 2.26. The molecule has 1 heterocycles. The normalized spacial score (nSPS) is 9.67. The molecule has 9 heavy (non-hydrogen) atoms. The van der Waals surface area contributed by atoms with Crippen LogP contribution in [0.2, 0.25) is 10.0 Å². The zero-order valence-electron chi connectivity index (χ0n) is 4.44. The zero-order valence-corrected chi connectivity index (χ0v) is 5.95. The van der Waals surface area contributed by atoms with Crippen LogP contribution in [0.1, 0.15) is 5.69 Å². The van der Waals surface area contributed by atoms with Crippen molar-refractivity contribution in [3.8, 4) is 0 Å². The molecule has 0 aliphatic rings. The van der Waals surface area contributed by atoms with Crippen molar-refractivity contribution in [3.05, 3.63) is 34.9 Å². The van der Waals surface area contributed by atoms with Crippen LogP contribution >= 0.6 is 23.2 Å². The second-order valence-corrected chi connectivity index (χ2v) is 2.36. The Kier molecular flexibility index (Phi) is 1.94. The molecular formula is C6H3Cl2N. The zero-order chi connectivity index (χ0) is 6.85. The van der Waals surface area contributed by atoms with Gasteiger partial charge >= 0.3 is 0 Å². The standard InChI is InChI=1S/C6H3Cl2N/c1-4-6(8)2-5(7)3-9-4/h1-3H. The molecule has 0 spiro atoms. The molecule has 0 N–H and O–H groups in total. The highest BCUT2D eigenvalue weighted by Crippen LogP contribution is 2.16. The summed E-state index contributed by atoms with van der Waals surface area (Å²) in [5.41, 5.74) is 0.307. The summed E-state index contributed by atoms with van der Waals surface area (Å²) in [6.45, 7) is 5.29. The monoisotopic (exact) mass is 159 g/mol. The highest BCUT2D eigenvalue weighted by atomic mass is 35.5. The number of pyridine rings is 1. The summed E-state index contributed by atoms with van der Waals surface area (Å²) in [4.78, 5) is 3.69. The molecule has 1 aromatic rings. The van der Waals surface area contributed by atoms with Crippen molar-refractivity contribution in [3.63, 3.8) is 0 Å². The van der Waals surface area contributed by atoms with E-state index < -0.39 is 0 Å². The fourth-order valence-electron chi connectivity index (χ4n) is 0.425. The third-order valence-electron chi connectivity index (χ3n) is 0.836. The number of hydrogen-bond acceptors (Lipinski definition) is 1. The van der Waals surface area contributed by atoms with Crippen LogP contribution in [0.15, 0.2) is 12.3 Å². The van der Waals surface area contributed by atoms with E-state index in [1.165, 1.54) is 6.20 Å². The van der Waals surface area contributed by atoms with Crippen LogP contribution in [0.3, 0.4) is 0 Å². The summed E-state index contributed by atoms with van der Waals surface area (Å²) >= 11 is 11.1. The van der Waals surface area contributed by atoms with Gasteiger partial charge in [-0.15, -0.1) is 0 Å². The summed E-state index contributed by atoms with van der Waals surface area (Å²) in [5, 5.41) is 0.886. The lowest BCUT2D eigenvalue weighted by Gasteiger charge is -1.93. The number of hydrogen-bond donors (Lipinski definition) is 0. The molecule has 0 atom stereocenters. The lowest BCUT2D eigenvalue weighted by molar-refractivity contribution is 1.27. The minimum absolute atomic E-state index is 0.307. The van der Waals surface area contributed by atoms with Crippen LogP contribution in [0, 0.1) is 6.92 Å². The molecule has 1 nitrogen and oxygen atoms in total. The summed E-state index contributed by atoms with van der Waals surface area (Å²) in [5.74, 6) is 0. The van der Waals surface area contributed by atoms with Crippen molar-refractivity contribution in [2.45, 2.75) is 0 Å². The van der Waals surface area contributed by atoms with Crippen molar-refractivity contribution in [2.75, 3.05) is 0 Å². The molecule has 2 radical (unpaired) electrons. The molecule has 0 saturated carbocycles. The molecule has 0 bridgehead atoms. The topological polar surface area (TPSA) is 12.9 Å². The van der Waals surface area contributed by atoms with E-state index in [9.17, 15) is 0 Å². The molecule has 46 valence electrons. The number of halogens is 2. The van der Waals surface area contributed by atoms with Gasteiger partial charge in [0.25, 0.3) is 0 Å². The van der Waals surface area contributed by atoms with E-state index in [0.717, 1.165) is 0 Å². The molecule has 1 aromatic heterocycles. The SMILES string of the molecule is [CH]c1ncc(Cl)cc1Cl. The first-order valence-corrected chi connectivity index (χ1v) is 3.02. The fraction of sp³-hybridized carbons (Fsp3) is 0. The van der Waals surface area contributed by atoms with Gasteiger partial charge in [0.1, 0.15) is 0 Å². The second-order valence-electron chi connectivity index (χ2n) is 1.52. The Morgan fingerprint density at radius 3 is 2.56 bits per heavy atom. The summed E-state index contributed by atoms with van der Waals surface area (Å²) < 4.78 is 0. The Balaban J connectivity index is 3.17. The maximum absolute atomic E-state index is 5.54. The smallest absolute Gasteiger partial charge is 0.0639 e. The highest BCUT2D eigenvalue weighted by Gasteiger charge is 1.94. The third-order valence-corrected chi connectivity index (χ3v) is 1.35. The van der Waals surface area contributed by atoms with Crippen LogP contribution in [-0.4, -0.2) is 4.98 Å². The summed E-state index contributed by atoms with van der Waals surface area (Å²) in [7, 11) is 0. The molecule has 0 saturated heterocycles. The van der Waals surface area contributed by atoms with E-state index >= 15 is 0 Å². The Morgan fingerprint density at radius 1 is 1.44 bits per heavy atom. The first-order chi connectivity index (χ1) is 4.20. The van der Waals surface area contributed by atoms with Gasteiger partial charge in [0.15, 0.2) is 0 Å². The molecule has 1 rings (SSSR count). The van der Waals surface area contributed by atoms with Crippen LogP contribution in [0.4, 0.5) is 0 Å². The van der Waals surface area contributed by atoms with Crippen molar-refractivity contribution in [2.24, 2.45) is 0 Å². The van der Waals surface area contributed by atoms with E-state index in [-0.39, 0.29) is 0 Å². The van der Waals surface area contributed by atoms with Crippen LogP contribution < -0.4 is 0 Å². The van der Waals surface area contributed by atoms with Gasteiger partial charge in [-0.2, -0.15) is 0 Å². The van der Waals surface area contributed by atoms with Crippen molar-refractivity contribution >= 4 is 23.2 Å². The average Bonchev–Trinajstić information content (AvgIpc) is 1.80. The van der Waals surface area contributed by atoms with Crippen LogP contribution in [0.5, 0.6) is 0 Å². The highest BCUT2D eigenvalue weighted by molar-refractivity contribution is 6.34. The van der Waals surface area contributed by atoms with Gasteiger partial charge in [0, 0.05) is 13.1 Å². The van der Waals surface area contributed by atoms with Gasteiger partial charge in [0.2, 0.25) is 0 Å². The lowest BCUT2D eigenvalue weighted by atomic mass is 10.4. The van der Waals surface area contributed by atoms with Crippen molar-refractivity contribution < 1.29 is 0 Å². The Hall–Kier alpha value is -0.270. The molecule has 0 amide bonds. The molecule has 0 aliphatic heterocycles. The molecular weight excluding hydrogens is 157 g/mol. The minimum Gasteiger partial charge on any atom is -0.258 e. The molecule has 0 aliphatic carbocycles. The van der Waals surface area contributed by atoms with Crippen molar-refractivity contribution in [1.82, 2.24) is 4.98 Å². The minimum atomic E-state index is 0.307. The Bertz CT molecular complexity index is 222. The largest absolute Gasteiger partial charge is 0.258 e. The molecule has 0 unspecified atom stereocenters. The van der Waals surface area contributed by atoms with Gasteiger partial charge in [0.05, 0.1) is 15.7 Å². The predicted octanol–water partition coefficient (Wildman–Crippen LogP) is 2.45. The van der Waals surface area contributed by atoms with E-state index in [1.807, 2.05) is 0 Å². The Morgan fingerprint density at radius 2 is 2.11 bits per heavy atom. The second kappa shape index (κ2) is 2.54. The van der Waals surface area contributed by atoms with E-state index in [2.05, 4.69) is 4.98 Å². The number of rotatable bonds is 0. The van der Waals surface area contributed by atoms with Crippen LogP contribution in [0.25, 0.3) is 0 Å². The van der Waals surface area contributed by atoms with Gasteiger partial charge in [-0.05, 0) is 6.07 Å². The van der Waals surface area contributed by atoms with E-state index in [0.29, 0.717) is 15.7 Å². The van der Waals surface area contributed by atoms with E-state index in [4.69, 9.17) is 30.1 Å². The predicted molar refractivity (Wildman–Crippen MR) is 37.7 cm³/mol. The fourth-order valence-corrected chi connectivity index (χ4v) is 0.805. The van der Waals surface area contributed by atoms with Crippen molar-refractivity contribution in [1.29, 1.82) is 0 Å². The first kappa shape index (κ1) is 6.84. The lowest BCUT2D eigenvalue weighted by Crippen LogP contribution is -1.79. The van der Waals surface area contributed by atoms with Gasteiger partial charge in [-0.25, -0.2) is 0 Å². The summed E-state index contributed by atoms with van der Waals surface area (Å²) in [6.07, 6.45) is 1.45. The molecule has 3 heteroatoms. The van der Waals surface area contributed by atoms with E-state index in [1.54, 1.807) is 6.07 Å². The molecule has 0 aromatic carbocycles. The average molecular weight is 160 g/mol. The number of aromatic nitrogens is 1. The third kappa shape index (κ3) is 1.57. The quantitative estimate of drug-likeness (QED) is 0.567. The summed E-state index contributed by atoms with van der Waals surface area (Å²) in [6, 6.07) is 1.55. The van der Waals surface area contributed by atoms with Gasteiger partial charge in [-0.3, -0.25) is 4.98 Å². The number of nitrogens with zero attached hydrogens (tertiary/aromatic N) is 1. The molecule has 0 fully saturated rings.